The van der Waals surface area contributed by atoms with Gasteiger partial charge in [-0.3, -0.25) is 0 Å². The Morgan fingerprint density at radius 2 is 1.71 bits per heavy atom. The molecule has 0 radical (unpaired) electrons. The Bertz CT molecular complexity index is 405. The number of hydrogen-bond donors (Lipinski definition) is 2. The molecule has 0 amide bonds. The molecule has 0 spiro atoms. The van der Waals surface area contributed by atoms with E-state index >= 15 is 0 Å². The van der Waals surface area contributed by atoms with Crippen LogP contribution in [0.4, 0.5) is 13.2 Å². The molecule has 1 rings (SSSR count). The first-order chi connectivity index (χ1) is 9.81. The summed E-state index contributed by atoms with van der Waals surface area (Å²) >= 11 is 0. The lowest BCUT2D eigenvalue weighted by Crippen LogP contribution is -2.21. The van der Waals surface area contributed by atoms with Crippen LogP contribution >= 0.6 is 0 Å². The van der Waals surface area contributed by atoms with E-state index in [4.69, 9.17) is 20.4 Å². The lowest BCUT2D eigenvalue weighted by molar-refractivity contribution is -0.192. The lowest BCUT2D eigenvalue weighted by atomic mass is 10.1. The summed E-state index contributed by atoms with van der Waals surface area (Å²) in [4.78, 5) is 8.90. The van der Waals surface area contributed by atoms with Crippen molar-refractivity contribution in [1.29, 1.82) is 0 Å². The molecule has 21 heavy (non-hydrogen) atoms. The van der Waals surface area contributed by atoms with Crippen LogP contribution in [0.2, 0.25) is 0 Å². The van der Waals surface area contributed by atoms with Gasteiger partial charge in [-0.15, -0.1) is 0 Å². The van der Waals surface area contributed by atoms with Crippen molar-refractivity contribution in [1.82, 2.24) is 0 Å². The van der Waals surface area contributed by atoms with E-state index in [9.17, 15) is 13.2 Å². The molecule has 0 saturated carbocycles. The maximum absolute atomic E-state index is 10.6. The summed E-state index contributed by atoms with van der Waals surface area (Å²) in [7, 11) is 1.69. The van der Waals surface area contributed by atoms with Gasteiger partial charge in [0.2, 0.25) is 0 Å². The largest absolute Gasteiger partial charge is 0.497 e. The van der Waals surface area contributed by atoms with Crippen LogP contribution in [0.1, 0.15) is 24.8 Å². The van der Waals surface area contributed by atoms with Gasteiger partial charge in [-0.1, -0.05) is 18.6 Å². The molecular weight excluding hydrogens is 287 g/mol. The molecule has 0 heterocycles. The molecule has 0 saturated heterocycles. The van der Waals surface area contributed by atoms with E-state index in [1.165, 1.54) is 18.4 Å². The number of halogens is 3. The number of hydrogen-bond acceptors (Lipinski definition) is 3. The van der Waals surface area contributed by atoms with Gasteiger partial charge in [0, 0.05) is 0 Å². The van der Waals surface area contributed by atoms with Gasteiger partial charge in [0.1, 0.15) is 5.75 Å². The summed E-state index contributed by atoms with van der Waals surface area (Å²) in [5, 5.41) is 7.12. The van der Waals surface area contributed by atoms with Gasteiger partial charge in [0.15, 0.2) is 0 Å². The minimum absolute atomic E-state index is 0.808. The molecule has 1 aromatic carbocycles. The molecule has 1 aromatic rings. The van der Waals surface area contributed by atoms with Crippen molar-refractivity contribution in [2.45, 2.75) is 31.9 Å². The molecule has 3 N–H and O–H groups in total. The quantitative estimate of drug-likeness (QED) is 0.792. The highest BCUT2D eigenvalue weighted by atomic mass is 19.4. The van der Waals surface area contributed by atoms with E-state index in [-0.39, 0.29) is 0 Å². The second kappa shape index (κ2) is 10.0. The van der Waals surface area contributed by atoms with Gasteiger partial charge >= 0.3 is 12.1 Å². The Labute approximate surface area is 121 Å². The van der Waals surface area contributed by atoms with Crippen molar-refractivity contribution < 1.29 is 27.8 Å². The van der Waals surface area contributed by atoms with Crippen LogP contribution in [0.5, 0.6) is 5.75 Å². The van der Waals surface area contributed by atoms with Crippen molar-refractivity contribution in [2.75, 3.05) is 13.7 Å². The van der Waals surface area contributed by atoms with E-state index in [2.05, 4.69) is 12.1 Å². The average Bonchev–Trinajstić information content (AvgIpc) is 2.44. The van der Waals surface area contributed by atoms with Gasteiger partial charge in [-0.25, -0.2) is 4.79 Å². The van der Waals surface area contributed by atoms with Crippen LogP contribution in [-0.2, 0) is 11.2 Å². The molecule has 4 nitrogen and oxygen atoms in total. The zero-order valence-electron chi connectivity index (χ0n) is 11.8. The third-order valence-corrected chi connectivity index (χ3v) is 2.57. The molecule has 0 bridgehead atoms. The van der Waals surface area contributed by atoms with Crippen LogP contribution in [-0.4, -0.2) is 30.9 Å². The predicted octanol–water partition coefficient (Wildman–Crippen LogP) is 3.00. The molecule has 0 aromatic heterocycles. The maximum atomic E-state index is 10.6. The molecule has 0 unspecified atom stereocenters. The van der Waals surface area contributed by atoms with Gasteiger partial charge in [0.25, 0.3) is 0 Å². The highest BCUT2D eigenvalue weighted by molar-refractivity contribution is 5.73. The third kappa shape index (κ3) is 9.73. The van der Waals surface area contributed by atoms with Gasteiger partial charge in [-0.2, -0.15) is 13.2 Å². The molecule has 7 heteroatoms. The standard InChI is InChI=1S/C12H19NO.C2HF3O2/c1-14-12-8-6-11(7-9-12)5-3-2-4-10-13;3-2(4,5)1(6)7/h6-9H,2-5,10,13H2,1H3;(H,6,7). The number of benzene rings is 1. The zero-order valence-corrected chi connectivity index (χ0v) is 11.8. The Kier molecular flexibility index (Phi) is 9.20. The number of ether oxygens (including phenoxy) is 1. The topological polar surface area (TPSA) is 72.5 Å². The van der Waals surface area contributed by atoms with Crippen molar-refractivity contribution in [2.24, 2.45) is 5.73 Å². The summed E-state index contributed by atoms with van der Waals surface area (Å²) in [6.45, 7) is 0.808. The van der Waals surface area contributed by atoms with Gasteiger partial charge in [-0.05, 0) is 43.5 Å². The SMILES string of the molecule is COc1ccc(CCCCCN)cc1.O=C(O)C(F)(F)F. The van der Waals surface area contributed by atoms with Crippen molar-refractivity contribution in [3.63, 3.8) is 0 Å². The number of rotatable bonds is 6. The Morgan fingerprint density at radius 1 is 1.19 bits per heavy atom. The normalized spacial score (nSPS) is 10.5. The fourth-order valence-electron chi connectivity index (χ4n) is 1.44. The van der Waals surface area contributed by atoms with E-state index in [1.54, 1.807) is 7.11 Å². The lowest BCUT2D eigenvalue weighted by Gasteiger charge is -2.03. The third-order valence-electron chi connectivity index (χ3n) is 2.57. The fraction of sp³-hybridized carbons (Fsp3) is 0.500. The average molecular weight is 307 g/mol. The second-order valence-electron chi connectivity index (χ2n) is 4.25. The van der Waals surface area contributed by atoms with Crippen molar-refractivity contribution in [3.8, 4) is 5.75 Å². The summed E-state index contributed by atoms with van der Waals surface area (Å²) in [5.74, 6) is -1.83. The number of unbranched alkanes of at least 4 members (excludes halogenated alkanes) is 2. The Balaban J connectivity index is 0.000000486. The molecule has 120 valence electrons. The van der Waals surface area contributed by atoms with Crippen molar-refractivity contribution >= 4 is 5.97 Å². The molecule has 0 aliphatic heterocycles. The molecule has 0 fully saturated rings. The summed E-state index contributed by atoms with van der Waals surface area (Å²) in [5.41, 5.74) is 6.81. The minimum atomic E-state index is -5.08. The smallest absolute Gasteiger partial charge is 0.490 e. The summed E-state index contributed by atoms with van der Waals surface area (Å²) in [6, 6.07) is 8.28. The Hall–Kier alpha value is -1.76. The number of methoxy groups -OCH3 is 1. The summed E-state index contributed by atoms with van der Waals surface area (Å²) in [6.07, 6.45) is -0.355. The van der Waals surface area contributed by atoms with Gasteiger partial charge in [0.05, 0.1) is 7.11 Å². The zero-order chi connectivity index (χ0) is 16.3. The Morgan fingerprint density at radius 3 is 2.10 bits per heavy atom. The summed E-state index contributed by atoms with van der Waals surface area (Å²) < 4.78 is 36.8. The molecule has 0 atom stereocenters. The van der Waals surface area contributed by atoms with Crippen molar-refractivity contribution in [3.05, 3.63) is 29.8 Å². The van der Waals surface area contributed by atoms with Crippen LogP contribution in [0.3, 0.4) is 0 Å². The number of nitrogens with two attached hydrogens (primary N) is 1. The van der Waals surface area contributed by atoms with E-state index in [0.29, 0.717) is 0 Å². The number of carbonyl (C=O) groups is 1. The molecule has 0 aliphatic carbocycles. The first kappa shape index (κ1) is 19.2. The van der Waals surface area contributed by atoms with E-state index in [1.807, 2.05) is 12.1 Å². The van der Waals surface area contributed by atoms with Crippen LogP contribution in [0.25, 0.3) is 0 Å². The maximum Gasteiger partial charge on any atom is 0.490 e. The number of carboxylic acid groups (broad SMARTS) is 1. The van der Waals surface area contributed by atoms with Gasteiger partial charge < -0.3 is 15.6 Å². The highest BCUT2D eigenvalue weighted by Gasteiger charge is 2.38. The first-order valence-electron chi connectivity index (χ1n) is 6.44. The molecular formula is C14H20F3NO3. The second-order valence-corrected chi connectivity index (χ2v) is 4.25. The fourth-order valence-corrected chi connectivity index (χ4v) is 1.44. The first-order valence-corrected chi connectivity index (χ1v) is 6.44. The van der Waals surface area contributed by atoms with Crippen LogP contribution in [0, 0.1) is 0 Å². The van der Waals surface area contributed by atoms with E-state index < -0.39 is 12.1 Å². The number of aliphatic carboxylic acids is 1. The number of alkyl halides is 3. The van der Waals surface area contributed by atoms with Crippen LogP contribution in [0.15, 0.2) is 24.3 Å². The number of aryl methyl sites for hydroxylation is 1. The van der Waals surface area contributed by atoms with E-state index in [0.717, 1.165) is 25.1 Å². The predicted molar refractivity (Wildman–Crippen MR) is 73.3 cm³/mol. The minimum Gasteiger partial charge on any atom is -0.497 e. The number of carboxylic acids is 1. The monoisotopic (exact) mass is 307 g/mol. The van der Waals surface area contributed by atoms with Crippen LogP contribution < -0.4 is 10.5 Å². The highest BCUT2D eigenvalue weighted by Crippen LogP contribution is 2.13. The molecule has 0 aliphatic rings.